The lowest BCUT2D eigenvalue weighted by Gasteiger charge is -2.16. The van der Waals surface area contributed by atoms with Gasteiger partial charge in [0, 0.05) is 12.6 Å². The van der Waals surface area contributed by atoms with Crippen LogP contribution in [-0.2, 0) is 20.9 Å². The maximum absolute atomic E-state index is 11.7. The molecule has 0 atom stereocenters. The molecule has 1 aromatic rings. The molecule has 17 heavy (non-hydrogen) atoms. The van der Waals surface area contributed by atoms with Crippen LogP contribution < -0.4 is 0 Å². The lowest BCUT2D eigenvalue weighted by Crippen LogP contribution is -2.26. The smallest absolute Gasteiger partial charge is 0.335 e. The maximum atomic E-state index is 11.7. The van der Waals surface area contributed by atoms with Gasteiger partial charge >= 0.3 is 5.97 Å². The molecule has 0 unspecified atom stereocenters. The molecule has 0 saturated carbocycles. The predicted molar refractivity (Wildman–Crippen MR) is 62.0 cm³/mol. The summed E-state index contributed by atoms with van der Waals surface area (Å²) in [6.45, 7) is 0.830. The third kappa shape index (κ3) is 2.53. The molecule has 0 aromatic heterocycles. The van der Waals surface area contributed by atoms with Gasteiger partial charge in [-0.1, -0.05) is 30.3 Å². The number of carbonyl (C=O) groups excluding carboxylic acids is 2. The van der Waals surface area contributed by atoms with E-state index in [0.29, 0.717) is 18.7 Å². The van der Waals surface area contributed by atoms with E-state index in [0.717, 1.165) is 5.56 Å². The molecule has 2 rings (SSSR count). The summed E-state index contributed by atoms with van der Waals surface area (Å²) in [7, 11) is 1.31. The summed E-state index contributed by atoms with van der Waals surface area (Å²) in [6, 6.07) is 9.66. The van der Waals surface area contributed by atoms with E-state index in [-0.39, 0.29) is 5.91 Å². The summed E-state index contributed by atoms with van der Waals surface area (Å²) >= 11 is 0. The average molecular weight is 231 g/mol. The van der Waals surface area contributed by atoms with Crippen LogP contribution in [0.25, 0.3) is 0 Å². The summed E-state index contributed by atoms with van der Waals surface area (Å²) in [5.41, 5.74) is 1.45. The van der Waals surface area contributed by atoms with Crippen LogP contribution >= 0.6 is 0 Å². The summed E-state index contributed by atoms with van der Waals surface area (Å²) < 4.78 is 4.59. The zero-order chi connectivity index (χ0) is 12.3. The zero-order valence-electron chi connectivity index (χ0n) is 9.55. The van der Waals surface area contributed by atoms with Crippen LogP contribution in [0, 0.1) is 0 Å². The van der Waals surface area contributed by atoms with Crippen molar-refractivity contribution >= 4 is 11.9 Å². The molecule has 0 saturated heterocycles. The largest absolute Gasteiger partial charge is 0.466 e. The summed E-state index contributed by atoms with van der Waals surface area (Å²) in [4.78, 5) is 24.6. The van der Waals surface area contributed by atoms with E-state index in [1.165, 1.54) is 13.2 Å². The Morgan fingerprint density at radius 3 is 2.71 bits per heavy atom. The molecule has 0 radical (unpaired) electrons. The number of hydrogen-bond donors (Lipinski definition) is 0. The number of methoxy groups -OCH3 is 1. The first-order valence-electron chi connectivity index (χ1n) is 5.32. The van der Waals surface area contributed by atoms with Gasteiger partial charge in [0.05, 0.1) is 19.2 Å². The van der Waals surface area contributed by atoms with E-state index in [9.17, 15) is 9.59 Å². The van der Waals surface area contributed by atoms with Crippen molar-refractivity contribution in [2.45, 2.75) is 6.54 Å². The number of benzene rings is 1. The Hall–Kier alpha value is -2.10. The van der Waals surface area contributed by atoms with Gasteiger partial charge in [-0.05, 0) is 5.56 Å². The monoisotopic (exact) mass is 231 g/mol. The van der Waals surface area contributed by atoms with Crippen molar-refractivity contribution < 1.29 is 14.3 Å². The second-order valence-corrected chi connectivity index (χ2v) is 3.84. The summed E-state index contributed by atoms with van der Waals surface area (Å²) in [5, 5.41) is 0. The minimum Gasteiger partial charge on any atom is -0.466 e. The van der Waals surface area contributed by atoms with Gasteiger partial charge in [-0.25, -0.2) is 4.79 Å². The SMILES string of the molecule is COC(=O)C1=CC(=O)N(Cc2ccccc2)C1. The normalized spacial score (nSPS) is 14.8. The summed E-state index contributed by atoms with van der Waals surface area (Å²) in [5.74, 6) is -0.580. The Bertz CT molecular complexity index is 465. The molecule has 4 heteroatoms. The number of esters is 1. The van der Waals surface area contributed by atoms with Gasteiger partial charge in [0.15, 0.2) is 0 Å². The number of hydrogen-bond acceptors (Lipinski definition) is 3. The van der Waals surface area contributed by atoms with Crippen molar-refractivity contribution in [3.8, 4) is 0 Å². The summed E-state index contributed by atoms with van der Waals surface area (Å²) in [6.07, 6.45) is 1.34. The molecule has 1 amide bonds. The minimum atomic E-state index is -0.436. The number of carbonyl (C=O) groups is 2. The fourth-order valence-corrected chi connectivity index (χ4v) is 1.76. The molecule has 1 aliphatic rings. The molecule has 4 nitrogen and oxygen atoms in total. The van der Waals surface area contributed by atoms with Crippen LogP contribution in [0.1, 0.15) is 5.56 Å². The molecule has 0 fully saturated rings. The first-order chi connectivity index (χ1) is 8.20. The topological polar surface area (TPSA) is 46.6 Å². The average Bonchev–Trinajstić information content (AvgIpc) is 2.71. The number of nitrogens with zero attached hydrogens (tertiary/aromatic N) is 1. The van der Waals surface area contributed by atoms with E-state index in [1.807, 2.05) is 30.3 Å². The van der Waals surface area contributed by atoms with Crippen LogP contribution in [0.5, 0.6) is 0 Å². The van der Waals surface area contributed by atoms with E-state index in [1.54, 1.807) is 4.90 Å². The van der Waals surface area contributed by atoms with E-state index < -0.39 is 5.97 Å². The molecular weight excluding hydrogens is 218 g/mol. The fraction of sp³-hybridized carbons (Fsp3) is 0.231. The molecule has 1 aliphatic heterocycles. The van der Waals surface area contributed by atoms with E-state index in [4.69, 9.17) is 0 Å². The third-order valence-corrected chi connectivity index (χ3v) is 2.63. The van der Waals surface area contributed by atoms with Gasteiger partial charge in [-0.3, -0.25) is 4.79 Å². The highest BCUT2D eigenvalue weighted by atomic mass is 16.5. The molecule has 88 valence electrons. The lowest BCUT2D eigenvalue weighted by molar-refractivity contribution is -0.136. The fourth-order valence-electron chi connectivity index (χ4n) is 1.76. The van der Waals surface area contributed by atoms with Gasteiger partial charge in [0.1, 0.15) is 0 Å². The highest BCUT2D eigenvalue weighted by Gasteiger charge is 2.25. The first kappa shape index (κ1) is 11.4. The van der Waals surface area contributed by atoms with Crippen molar-refractivity contribution in [1.29, 1.82) is 0 Å². The molecule has 1 heterocycles. The Labute approximate surface area is 99.5 Å². The molecule has 1 aromatic carbocycles. The van der Waals surface area contributed by atoms with Gasteiger partial charge in [0.2, 0.25) is 5.91 Å². The highest BCUT2D eigenvalue weighted by molar-refractivity contribution is 6.02. The van der Waals surface area contributed by atoms with Crippen LogP contribution in [0.4, 0.5) is 0 Å². The van der Waals surface area contributed by atoms with E-state index in [2.05, 4.69) is 4.74 Å². The molecule has 0 spiro atoms. The highest BCUT2D eigenvalue weighted by Crippen LogP contribution is 2.15. The lowest BCUT2D eigenvalue weighted by atomic mass is 10.2. The Morgan fingerprint density at radius 1 is 1.35 bits per heavy atom. The van der Waals surface area contributed by atoms with Crippen molar-refractivity contribution in [2.24, 2.45) is 0 Å². The van der Waals surface area contributed by atoms with Gasteiger partial charge in [-0.2, -0.15) is 0 Å². The first-order valence-corrected chi connectivity index (χ1v) is 5.32. The number of rotatable bonds is 3. The molecule has 0 aliphatic carbocycles. The van der Waals surface area contributed by atoms with Crippen molar-refractivity contribution in [3.05, 3.63) is 47.5 Å². The van der Waals surface area contributed by atoms with E-state index >= 15 is 0 Å². The Morgan fingerprint density at radius 2 is 2.06 bits per heavy atom. The third-order valence-electron chi connectivity index (χ3n) is 2.63. The standard InChI is InChI=1S/C13H13NO3/c1-17-13(16)11-7-12(15)14(9-11)8-10-5-3-2-4-6-10/h2-7H,8-9H2,1H3. The molecule has 0 bridgehead atoms. The molecule has 0 N–H and O–H groups in total. The zero-order valence-corrected chi connectivity index (χ0v) is 9.55. The second kappa shape index (κ2) is 4.82. The van der Waals surface area contributed by atoms with Crippen LogP contribution in [0.15, 0.2) is 42.0 Å². The van der Waals surface area contributed by atoms with Crippen LogP contribution in [0.2, 0.25) is 0 Å². The predicted octanol–water partition coefficient (Wildman–Crippen LogP) is 1.13. The second-order valence-electron chi connectivity index (χ2n) is 3.84. The molecular formula is C13H13NO3. The Balaban J connectivity index is 2.03. The van der Waals surface area contributed by atoms with Gasteiger partial charge in [-0.15, -0.1) is 0 Å². The van der Waals surface area contributed by atoms with Crippen molar-refractivity contribution in [1.82, 2.24) is 4.90 Å². The van der Waals surface area contributed by atoms with Gasteiger partial charge < -0.3 is 9.64 Å². The van der Waals surface area contributed by atoms with Crippen LogP contribution in [0.3, 0.4) is 0 Å². The van der Waals surface area contributed by atoms with Crippen molar-refractivity contribution in [2.75, 3.05) is 13.7 Å². The van der Waals surface area contributed by atoms with Gasteiger partial charge in [0.25, 0.3) is 0 Å². The number of amides is 1. The quantitative estimate of drug-likeness (QED) is 0.732. The minimum absolute atomic E-state index is 0.144. The van der Waals surface area contributed by atoms with Crippen molar-refractivity contribution in [3.63, 3.8) is 0 Å². The number of ether oxygens (including phenoxy) is 1. The Kier molecular flexibility index (Phi) is 3.23. The maximum Gasteiger partial charge on any atom is 0.335 e. The van der Waals surface area contributed by atoms with Crippen LogP contribution in [-0.4, -0.2) is 30.4 Å².